The predicted molar refractivity (Wildman–Crippen MR) is 117 cm³/mol. The van der Waals surface area contributed by atoms with Crippen LogP contribution in [0.25, 0.3) is 22.2 Å². The molecule has 0 bridgehead atoms. The minimum atomic E-state index is -0.605. The first kappa shape index (κ1) is 19.6. The lowest BCUT2D eigenvalue weighted by Crippen LogP contribution is -2.11. The molecule has 0 radical (unpaired) electrons. The fourth-order valence-corrected chi connectivity index (χ4v) is 3.38. The van der Waals surface area contributed by atoms with Crippen LogP contribution in [0.5, 0.6) is 0 Å². The van der Waals surface area contributed by atoms with Crippen LogP contribution in [-0.2, 0) is 6.54 Å². The smallest absolute Gasteiger partial charge is 0.250 e. The Kier molecular flexibility index (Phi) is 5.20. The average molecular weight is 422 g/mol. The largest absolute Gasteiger partial charge is 0.396 e. The van der Waals surface area contributed by atoms with Gasteiger partial charge in [0.15, 0.2) is 0 Å². The number of primary amides is 1. The number of nitrogens with two attached hydrogens (primary N) is 2. The SMILES string of the molecule is NC(=O)c1ccc(-c2ccc(N)c(NCc3cc4cccnc4cc3F)n2)cc1Cl. The Morgan fingerprint density at radius 1 is 1.13 bits per heavy atom. The Morgan fingerprint density at radius 3 is 2.73 bits per heavy atom. The van der Waals surface area contributed by atoms with Gasteiger partial charge in [0.25, 0.3) is 0 Å². The van der Waals surface area contributed by atoms with E-state index < -0.39 is 5.91 Å². The molecule has 5 N–H and O–H groups in total. The van der Waals surface area contributed by atoms with Crippen molar-refractivity contribution in [2.45, 2.75) is 6.54 Å². The van der Waals surface area contributed by atoms with E-state index in [0.29, 0.717) is 33.8 Å². The van der Waals surface area contributed by atoms with Gasteiger partial charge in [0.1, 0.15) is 11.6 Å². The molecule has 0 saturated carbocycles. The summed E-state index contributed by atoms with van der Waals surface area (Å²) >= 11 is 6.14. The molecule has 0 aliphatic heterocycles. The fraction of sp³-hybridized carbons (Fsp3) is 0.0455. The number of aromatic nitrogens is 2. The quantitative estimate of drug-likeness (QED) is 0.443. The van der Waals surface area contributed by atoms with Crippen molar-refractivity contribution in [3.8, 4) is 11.3 Å². The van der Waals surface area contributed by atoms with E-state index in [0.717, 1.165) is 5.39 Å². The number of nitrogens with one attached hydrogen (secondary N) is 1. The van der Waals surface area contributed by atoms with Crippen LogP contribution in [0.4, 0.5) is 15.9 Å². The summed E-state index contributed by atoms with van der Waals surface area (Å²) in [6.07, 6.45) is 1.62. The van der Waals surface area contributed by atoms with Gasteiger partial charge in [-0.1, -0.05) is 23.7 Å². The van der Waals surface area contributed by atoms with Crippen molar-refractivity contribution in [2.24, 2.45) is 5.73 Å². The lowest BCUT2D eigenvalue weighted by Gasteiger charge is -2.12. The van der Waals surface area contributed by atoms with Crippen molar-refractivity contribution >= 4 is 39.9 Å². The lowest BCUT2D eigenvalue weighted by atomic mass is 10.1. The monoisotopic (exact) mass is 421 g/mol. The first-order valence-electron chi connectivity index (χ1n) is 9.05. The van der Waals surface area contributed by atoms with Crippen molar-refractivity contribution in [3.05, 3.63) is 82.8 Å². The number of anilines is 2. The van der Waals surface area contributed by atoms with Gasteiger partial charge in [0.2, 0.25) is 5.91 Å². The third-order valence-corrected chi connectivity index (χ3v) is 4.99. The molecular formula is C22H17ClFN5O. The highest BCUT2D eigenvalue weighted by Crippen LogP contribution is 2.28. The highest BCUT2D eigenvalue weighted by Gasteiger charge is 2.11. The Bertz CT molecular complexity index is 1280. The van der Waals surface area contributed by atoms with Gasteiger partial charge in [0.05, 0.1) is 27.5 Å². The van der Waals surface area contributed by atoms with Crippen LogP contribution in [-0.4, -0.2) is 15.9 Å². The molecular weight excluding hydrogens is 405 g/mol. The van der Waals surface area contributed by atoms with Crippen LogP contribution in [0.3, 0.4) is 0 Å². The number of nitrogen functional groups attached to an aromatic ring is 1. The number of carbonyl (C=O) groups is 1. The number of halogens is 2. The molecule has 2 heterocycles. The summed E-state index contributed by atoms with van der Waals surface area (Å²) < 4.78 is 14.4. The van der Waals surface area contributed by atoms with E-state index in [9.17, 15) is 9.18 Å². The number of hydrogen-bond donors (Lipinski definition) is 3. The molecule has 6 nitrogen and oxygen atoms in total. The van der Waals surface area contributed by atoms with Crippen molar-refractivity contribution < 1.29 is 9.18 Å². The van der Waals surface area contributed by atoms with Crippen LogP contribution in [0.1, 0.15) is 15.9 Å². The normalized spacial score (nSPS) is 10.9. The van der Waals surface area contributed by atoms with Crippen molar-refractivity contribution in [3.63, 3.8) is 0 Å². The van der Waals surface area contributed by atoms with Gasteiger partial charge in [-0.15, -0.1) is 0 Å². The maximum atomic E-state index is 14.4. The zero-order valence-electron chi connectivity index (χ0n) is 15.7. The minimum absolute atomic E-state index is 0.193. The zero-order valence-corrected chi connectivity index (χ0v) is 16.4. The highest BCUT2D eigenvalue weighted by molar-refractivity contribution is 6.34. The fourth-order valence-electron chi connectivity index (χ4n) is 3.10. The third kappa shape index (κ3) is 3.88. The van der Waals surface area contributed by atoms with Crippen LogP contribution >= 0.6 is 11.6 Å². The van der Waals surface area contributed by atoms with Gasteiger partial charge in [-0.2, -0.15) is 0 Å². The van der Waals surface area contributed by atoms with E-state index in [4.69, 9.17) is 23.1 Å². The molecule has 4 aromatic rings. The van der Waals surface area contributed by atoms with Gasteiger partial charge in [0, 0.05) is 35.3 Å². The Balaban J connectivity index is 1.61. The molecule has 8 heteroatoms. The second-order valence-electron chi connectivity index (χ2n) is 6.69. The minimum Gasteiger partial charge on any atom is -0.396 e. The van der Waals surface area contributed by atoms with Gasteiger partial charge < -0.3 is 16.8 Å². The van der Waals surface area contributed by atoms with Gasteiger partial charge in [-0.05, 0) is 36.4 Å². The second kappa shape index (κ2) is 7.96. The molecule has 0 fully saturated rings. The van der Waals surface area contributed by atoms with E-state index in [-0.39, 0.29) is 22.9 Å². The van der Waals surface area contributed by atoms with E-state index in [2.05, 4.69) is 15.3 Å². The van der Waals surface area contributed by atoms with E-state index in [1.165, 1.54) is 6.07 Å². The number of hydrogen-bond acceptors (Lipinski definition) is 5. The molecule has 4 rings (SSSR count). The Labute approximate surface area is 176 Å². The molecule has 1 amide bonds. The number of rotatable bonds is 5. The predicted octanol–water partition coefficient (Wildman–Crippen LogP) is 4.38. The highest BCUT2D eigenvalue weighted by atomic mass is 35.5. The summed E-state index contributed by atoms with van der Waals surface area (Å²) in [6, 6.07) is 15.1. The third-order valence-electron chi connectivity index (χ3n) is 4.67. The van der Waals surface area contributed by atoms with Gasteiger partial charge >= 0.3 is 0 Å². The van der Waals surface area contributed by atoms with Crippen LogP contribution in [0, 0.1) is 5.82 Å². The topological polar surface area (TPSA) is 107 Å². The van der Waals surface area contributed by atoms with Crippen LogP contribution in [0.2, 0.25) is 5.02 Å². The van der Waals surface area contributed by atoms with E-state index in [1.807, 2.05) is 6.07 Å². The van der Waals surface area contributed by atoms with Crippen molar-refractivity contribution in [1.82, 2.24) is 9.97 Å². The maximum absolute atomic E-state index is 14.4. The molecule has 2 aromatic heterocycles. The van der Waals surface area contributed by atoms with E-state index >= 15 is 0 Å². The molecule has 0 atom stereocenters. The molecule has 30 heavy (non-hydrogen) atoms. The molecule has 2 aromatic carbocycles. The molecule has 0 aliphatic rings. The van der Waals surface area contributed by atoms with E-state index in [1.54, 1.807) is 48.7 Å². The summed E-state index contributed by atoms with van der Waals surface area (Å²) in [7, 11) is 0. The van der Waals surface area contributed by atoms with Crippen molar-refractivity contribution in [1.29, 1.82) is 0 Å². The molecule has 0 unspecified atom stereocenters. The second-order valence-corrected chi connectivity index (χ2v) is 7.09. The molecule has 0 aliphatic carbocycles. The number of fused-ring (bicyclic) bond motifs is 1. The van der Waals surface area contributed by atoms with Crippen molar-refractivity contribution in [2.75, 3.05) is 11.1 Å². The summed E-state index contributed by atoms with van der Waals surface area (Å²) in [5.41, 5.74) is 14.3. The number of nitrogens with zero attached hydrogens (tertiary/aromatic N) is 2. The molecule has 150 valence electrons. The maximum Gasteiger partial charge on any atom is 0.250 e. The summed E-state index contributed by atoms with van der Waals surface area (Å²) in [5.74, 6) is -0.558. The number of carbonyl (C=O) groups excluding carboxylic acids is 1. The molecule has 0 spiro atoms. The standard InChI is InChI=1S/C22H17ClFN5O/c23-16-9-13(3-4-15(16)21(26)30)19-6-5-18(25)22(29-19)28-11-14-8-12-2-1-7-27-20(12)10-17(14)24/h1-10H,11,25H2,(H2,26,30)(H,28,29). The Hall–Kier alpha value is -3.71. The number of benzene rings is 2. The first-order chi connectivity index (χ1) is 14.4. The van der Waals surface area contributed by atoms with Crippen LogP contribution < -0.4 is 16.8 Å². The zero-order chi connectivity index (χ0) is 21.3. The lowest BCUT2D eigenvalue weighted by molar-refractivity contribution is 0.100. The van der Waals surface area contributed by atoms with Gasteiger partial charge in [-0.25, -0.2) is 9.37 Å². The summed E-state index contributed by atoms with van der Waals surface area (Å²) in [5, 5.41) is 4.16. The first-order valence-corrected chi connectivity index (χ1v) is 9.43. The average Bonchev–Trinajstić information content (AvgIpc) is 2.73. The van der Waals surface area contributed by atoms with Crippen LogP contribution in [0.15, 0.2) is 60.8 Å². The number of amides is 1. The number of pyridine rings is 2. The summed E-state index contributed by atoms with van der Waals surface area (Å²) in [6.45, 7) is 0.193. The summed E-state index contributed by atoms with van der Waals surface area (Å²) in [4.78, 5) is 20.0. The Morgan fingerprint density at radius 2 is 1.97 bits per heavy atom. The molecule has 0 saturated heterocycles. The van der Waals surface area contributed by atoms with Gasteiger partial charge in [-0.3, -0.25) is 9.78 Å².